The highest BCUT2D eigenvalue weighted by atomic mass is 16.5. The van der Waals surface area contributed by atoms with E-state index in [9.17, 15) is 4.79 Å². The van der Waals surface area contributed by atoms with E-state index in [2.05, 4.69) is 4.98 Å². The number of aromatic nitrogens is 1. The Kier molecular flexibility index (Phi) is 2.40. The van der Waals surface area contributed by atoms with Crippen molar-refractivity contribution in [2.24, 2.45) is 0 Å². The van der Waals surface area contributed by atoms with Gasteiger partial charge in [-0.05, 0) is 12.8 Å². The smallest absolute Gasteiger partial charge is 0.300 e. The van der Waals surface area contributed by atoms with Crippen molar-refractivity contribution in [3.8, 4) is 0 Å². The van der Waals surface area contributed by atoms with E-state index in [1.807, 2.05) is 4.90 Å². The number of nitrogens with zero attached hydrogens (tertiary/aromatic N) is 2. The minimum Gasteiger partial charge on any atom is -0.430 e. The lowest BCUT2D eigenvalue weighted by molar-refractivity contribution is 0.119. The molecule has 5 nitrogen and oxygen atoms in total. The third-order valence-corrected chi connectivity index (χ3v) is 3.12. The summed E-state index contributed by atoms with van der Waals surface area (Å²) in [5.74, 6) is 0.835. The highest BCUT2D eigenvalue weighted by molar-refractivity contribution is 5.30. The highest BCUT2D eigenvalue weighted by Crippen LogP contribution is 2.22. The Bertz CT molecular complexity index is 449. The van der Waals surface area contributed by atoms with E-state index >= 15 is 0 Å². The van der Waals surface area contributed by atoms with Gasteiger partial charge in [-0.15, -0.1) is 0 Å². The van der Waals surface area contributed by atoms with Gasteiger partial charge < -0.3 is 14.1 Å². The maximum Gasteiger partial charge on any atom is 0.300 e. The Morgan fingerprint density at radius 3 is 2.81 bits per heavy atom. The topological polar surface area (TPSA) is 55.6 Å². The van der Waals surface area contributed by atoms with Gasteiger partial charge in [0.1, 0.15) is 5.76 Å². The van der Waals surface area contributed by atoms with Crippen molar-refractivity contribution in [1.29, 1.82) is 0 Å². The Hall–Kier alpha value is -1.36. The molecular weight excluding hydrogens is 208 g/mol. The molecule has 5 heteroatoms. The molecule has 0 bridgehead atoms. The van der Waals surface area contributed by atoms with Gasteiger partial charge in [0.25, 0.3) is 5.56 Å². The molecular formula is C11H14N2O3. The first-order valence-corrected chi connectivity index (χ1v) is 5.70. The van der Waals surface area contributed by atoms with Gasteiger partial charge in [0, 0.05) is 19.5 Å². The summed E-state index contributed by atoms with van der Waals surface area (Å²) < 4.78 is 11.0. The predicted octanol–water partition coefficient (Wildman–Crippen LogP) is 0.360. The number of rotatable bonds is 1. The molecule has 16 heavy (non-hydrogen) atoms. The van der Waals surface area contributed by atoms with Crippen molar-refractivity contribution in [1.82, 2.24) is 4.98 Å². The first-order valence-electron chi connectivity index (χ1n) is 5.70. The van der Waals surface area contributed by atoms with Crippen LogP contribution in [0.15, 0.2) is 9.21 Å². The van der Waals surface area contributed by atoms with Gasteiger partial charge in [0.2, 0.25) is 0 Å². The molecule has 2 heterocycles. The number of hydrogen-bond acceptors (Lipinski definition) is 5. The number of anilines is 1. The lowest BCUT2D eigenvalue weighted by atomic mass is 10.3. The largest absolute Gasteiger partial charge is 0.430 e. The first-order chi connectivity index (χ1) is 7.84. The normalized spacial score (nSPS) is 19.9. The lowest BCUT2D eigenvalue weighted by Gasteiger charge is -2.26. The molecule has 1 fully saturated rings. The van der Waals surface area contributed by atoms with Gasteiger partial charge in [-0.3, -0.25) is 4.79 Å². The van der Waals surface area contributed by atoms with Crippen LogP contribution in [0, 0.1) is 0 Å². The molecule has 0 N–H and O–H groups in total. The van der Waals surface area contributed by atoms with E-state index in [4.69, 9.17) is 9.15 Å². The van der Waals surface area contributed by atoms with Crippen molar-refractivity contribution in [2.75, 3.05) is 31.2 Å². The quantitative estimate of drug-likeness (QED) is 0.686. The second-order valence-electron chi connectivity index (χ2n) is 4.16. The summed E-state index contributed by atoms with van der Waals surface area (Å²) in [6, 6.07) is 0.467. The third kappa shape index (κ3) is 1.61. The second kappa shape index (κ2) is 3.90. The predicted molar refractivity (Wildman–Crippen MR) is 57.8 cm³/mol. The van der Waals surface area contributed by atoms with E-state index < -0.39 is 0 Å². The Morgan fingerprint density at radius 1 is 1.19 bits per heavy atom. The Balaban J connectivity index is 1.96. The van der Waals surface area contributed by atoms with E-state index in [1.54, 1.807) is 0 Å². The molecule has 1 aliphatic carbocycles. The van der Waals surface area contributed by atoms with Crippen LogP contribution in [0.25, 0.3) is 0 Å². The summed E-state index contributed by atoms with van der Waals surface area (Å²) >= 11 is 0. The average Bonchev–Trinajstić information content (AvgIpc) is 2.79. The molecule has 0 unspecified atom stereocenters. The molecule has 0 atom stereocenters. The summed E-state index contributed by atoms with van der Waals surface area (Å²) in [6.07, 6.45) is 2.68. The number of morpholine rings is 1. The number of aryl methyl sites for hydroxylation is 1. The summed E-state index contributed by atoms with van der Waals surface area (Å²) in [6.45, 7) is 2.83. The van der Waals surface area contributed by atoms with Crippen LogP contribution < -0.4 is 10.5 Å². The van der Waals surface area contributed by atoms with Crippen molar-refractivity contribution in [2.45, 2.75) is 19.3 Å². The molecule has 1 aromatic heterocycles. The lowest BCUT2D eigenvalue weighted by Crippen LogP contribution is -2.37. The Labute approximate surface area is 93.0 Å². The van der Waals surface area contributed by atoms with Crippen molar-refractivity contribution in [3.63, 3.8) is 0 Å². The fourth-order valence-electron chi connectivity index (χ4n) is 2.23. The maximum absolute atomic E-state index is 11.7. The molecule has 0 radical (unpaired) electrons. The van der Waals surface area contributed by atoms with Gasteiger partial charge in [0.15, 0.2) is 0 Å². The van der Waals surface area contributed by atoms with Crippen LogP contribution in [0.3, 0.4) is 0 Å². The summed E-state index contributed by atoms with van der Waals surface area (Å²) in [5, 5.41) is 0. The fourth-order valence-corrected chi connectivity index (χ4v) is 2.23. The average molecular weight is 222 g/mol. The maximum atomic E-state index is 11.7. The van der Waals surface area contributed by atoms with Crippen LogP contribution in [-0.4, -0.2) is 31.3 Å². The van der Waals surface area contributed by atoms with Crippen LogP contribution in [0.1, 0.15) is 17.7 Å². The van der Waals surface area contributed by atoms with E-state index in [0.29, 0.717) is 19.2 Å². The molecule has 1 aromatic rings. The van der Waals surface area contributed by atoms with Crippen LogP contribution in [0.2, 0.25) is 0 Å². The van der Waals surface area contributed by atoms with Crippen molar-refractivity contribution < 1.29 is 9.15 Å². The first kappa shape index (κ1) is 9.84. The fraction of sp³-hybridized carbons (Fsp3) is 0.636. The molecule has 1 aliphatic heterocycles. The summed E-state index contributed by atoms with van der Waals surface area (Å²) in [4.78, 5) is 17.7. The number of hydrogen-bond donors (Lipinski definition) is 0. The third-order valence-electron chi connectivity index (χ3n) is 3.12. The highest BCUT2D eigenvalue weighted by Gasteiger charge is 2.22. The minimum absolute atomic E-state index is 0.111. The van der Waals surface area contributed by atoms with E-state index in [-0.39, 0.29) is 5.56 Å². The molecule has 0 amide bonds. The van der Waals surface area contributed by atoms with Crippen molar-refractivity contribution in [3.05, 3.63) is 21.7 Å². The van der Waals surface area contributed by atoms with E-state index in [0.717, 1.165) is 43.7 Å². The molecule has 1 saturated heterocycles. The van der Waals surface area contributed by atoms with Crippen LogP contribution in [-0.2, 0) is 17.6 Å². The summed E-state index contributed by atoms with van der Waals surface area (Å²) in [5.41, 5.74) is 0.664. The van der Waals surface area contributed by atoms with Gasteiger partial charge in [0.05, 0.1) is 18.8 Å². The molecule has 86 valence electrons. The minimum atomic E-state index is -0.111. The molecule has 0 saturated carbocycles. The van der Waals surface area contributed by atoms with Crippen LogP contribution >= 0.6 is 0 Å². The zero-order valence-corrected chi connectivity index (χ0v) is 9.07. The molecule has 2 aliphatic rings. The Morgan fingerprint density at radius 2 is 2.00 bits per heavy atom. The number of ether oxygens (including phenoxy) is 1. The van der Waals surface area contributed by atoms with Gasteiger partial charge in [-0.25, -0.2) is 0 Å². The van der Waals surface area contributed by atoms with Gasteiger partial charge in [-0.1, -0.05) is 0 Å². The van der Waals surface area contributed by atoms with Crippen LogP contribution in [0.4, 0.5) is 6.01 Å². The monoisotopic (exact) mass is 222 g/mol. The molecule has 0 aromatic carbocycles. The second-order valence-corrected chi connectivity index (χ2v) is 4.16. The zero-order valence-electron chi connectivity index (χ0n) is 9.07. The molecule has 0 spiro atoms. The van der Waals surface area contributed by atoms with Crippen molar-refractivity contribution >= 4 is 6.01 Å². The van der Waals surface area contributed by atoms with Gasteiger partial charge >= 0.3 is 6.01 Å². The SMILES string of the molecule is O=c1nc(N2CCOCC2)oc2c1CCC2. The van der Waals surface area contributed by atoms with Gasteiger partial charge in [-0.2, -0.15) is 4.98 Å². The molecule has 3 rings (SSSR count). The standard InChI is InChI=1S/C11H14N2O3/c14-10-8-2-1-3-9(8)16-11(12-10)13-4-6-15-7-5-13/h1-7H2. The number of fused-ring (bicyclic) bond motifs is 1. The van der Waals surface area contributed by atoms with E-state index in [1.165, 1.54) is 0 Å². The summed E-state index contributed by atoms with van der Waals surface area (Å²) in [7, 11) is 0. The zero-order chi connectivity index (χ0) is 11.0. The van der Waals surface area contributed by atoms with Crippen LogP contribution in [0.5, 0.6) is 0 Å².